The van der Waals surface area contributed by atoms with Crippen LogP contribution in [-0.4, -0.2) is 19.2 Å². The molecule has 0 saturated carbocycles. The Morgan fingerprint density at radius 3 is 2.76 bits per heavy atom. The molecule has 3 nitrogen and oxygen atoms in total. The quantitative estimate of drug-likeness (QED) is 0.820. The van der Waals surface area contributed by atoms with Gasteiger partial charge < -0.3 is 4.74 Å². The Morgan fingerprint density at radius 1 is 1.41 bits per heavy atom. The van der Waals surface area contributed by atoms with Gasteiger partial charge in [-0.1, -0.05) is 32.9 Å². The van der Waals surface area contributed by atoms with Gasteiger partial charge in [-0.15, -0.1) is 0 Å². The standard InChI is InChI=1S/C14H20N2O/c1-4-16-13(9-15)10-17-14-7-5-6-12(8-14)11(2)3/h5-8,11,13,16H,4,10H2,1-3H3. The van der Waals surface area contributed by atoms with Gasteiger partial charge in [0.05, 0.1) is 6.07 Å². The predicted molar refractivity (Wildman–Crippen MR) is 69.1 cm³/mol. The normalized spacial score (nSPS) is 12.2. The highest BCUT2D eigenvalue weighted by Gasteiger charge is 2.07. The Hall–Kier alpha value is -1.53. The van der Waals surface area contributed by atoms with Crippen molar-refractivity contribution in [2.75, 3.05) is 13.2 Å². The van der Waals surface area contributed by atoms with E-state index in [2.05, 4.69) is 31.3 Å². The molecule has 1 aromatic rings. The van der Waals surface area contributed by atoms with Crippen LogP contribution in [0.4, 0.5) is 0 Å². The molecule has 0 fully saturated rings. The number of ether oxygens (including phenoxy) is 1. The number of nitrogens with one attached hydrogen (secondary N) is 1. The smallest absolute Gasteiger partial charge is 0.130 e. The maximum atomic E-state index is 8.89. The lowest BCUT2D eigenvalue weighted by Gasteiger charge is -2.13. The van der Waals surface area contributed by atoms with E-state index < -0.39 is 0 Å². The van der Waals surface area contributed by atoms with Crippen LogP contribution < -0.4 is 10.1 Å². The average molecular weight is 232 g/mol. The summed E-state index contributed by atoms with van der Waals surface area (Å²) >= 11 is 0. The van der Waals surface area contributed by atoms with Crippen molar-refractivity contribution in [3.63, 3.8) is 0 Å². The molecule has 0 radical (unpaired) electrons. The van der Waals surface area contributed by atoms with Crippen LogP contribution in [0.25, 0.3) is 0 Å². The third-order valence-electron chi connectivity index (χ3n) is 2.55. The highest BCUT2D eigenvalue weighted by Crippen LogP contribution is 2.20. The second-order valence-electron chi connectivity index (χ2n) is 4.28. The summed E-state index contributed by atoms with van der Waals surface area (Å²) in [5.41, 5.74) is 1.25. The van der Waals surface area contributed by atoms with Gasteiger partial charge in [-0.05, 0) is 30.2 Å². The topological polar surface area (TPSA) is 45.0 Å². The van der Waals surface area contributed by atoms with Crippen LogP contribution in [0.15, 0.2) is 24.3 Å². The number of hydrogen-bond acceptors (Lipinski definition) is 3. The molecule has 1 aromatic carbocycles. The molecule has 1 atom stereocenters. The van der Waals surface area contributed by atoms with Crippen molar-refractivity contribution in [1.82, 2.24) is 5.32 Å². The lowest BCUT2D eigenvalue weighted by molar-refractivity contribution is 0.290. The highest BCUT2D eigenvalue weighted by atomic mass is 16.5. The zero-order valence-electron chi connectivity index (χ0n) is 10.7. The number of hydrogen-bond donors (Lipinski definition) is 1. The van der Waals surface area contributed by atoms with Crippen molar-refractivity contribution in [3.05, 3.63) is 29.8 Å². The SMILES string of the molecule is CCNC(C#N)COc1cccc(C(C)C)c1. The summed E-state index contributed by atoms with van der Waals surface area (Å²) in [7, 11) is 0. The van der Waals surface area contributed by atoms with E-state index >= 15 is 0 Å². The predicted octanol–water partition coefficient (Wildman–Crippen LogP) is 2.69. The second kappa shape index (κ2) is 6.93. The molecular weight excluding hydrogens is 212 g/mol. The molecule has 0 aliphatic carbocycles. The van der Waals surface area contributed by atoms with Crippen LogP contribution in [0.3, 0.4) is 0 Å². The number of nitrogens with zero attached hydrogens (tertiary/aromatic N) is 1. The minimum absolute atomic E-state index is 0.247. The first kappa shape index (κ1) is 13.5. The molecule has 0 heterocycles. The molecule has 0 saturated heterocycles. The van der Waals surface area contributed by atoms with Gasteiger partial charge >= 0.3 is 0 Å². The van der Waals surface area contributed by atoms with Crippen molar-refractivity contribution in [2.45, 2.75) is 32.7 Å². The van der Waals surface area contributed by atoms with Gasteiger partial charge in [0, 0.05) is 0 Å². The van der Waals surface area contributed by atoms with E-state index in [-0.39, 0.29) is 6.04 Å². The van der Waals surface area contributed by atoms with Gasteiger partial charge in [-0.3, -0.25) is 5.32 Å². The fourth-order valence-electron chi connectivity index (χ4n) is 1.53. The van der Waals surface area contributed by atoms with Crippen molar-refractivity contribution in [1.29, 1.82) is 5.26 Å². The molecule has 1 unspecified atom stereocenters. The Morgan fingerprint density at radius 2 is 2.18 bits per heavy atom. The molecule has 1 rings (SSSR count). The maximum absolute atomic E-state index is 8.89. The molecule has 0 spiro atoms. The molecule has 1 N–H and O–H groups in total. The van der Waals surface area contributed by atoms with E-state index in [1.54, 1.807) is 0 Å². The molecule has 17 heavy (non-hydrogen) atoms. The fourth-order valence-corrected chi connectivity index (χ4v) is 1.53. The summed E-state index contributed by atoms with van der Waals surface area (Å²) in [4.78, 5) is 0. The molecule has 0 aliphatic rings. The average Bonchev–Trinajstić information content (AvgIpc) is 2.34. The van der Waals surface area contributed by atoms with Crippen LogP contribution in [0.5, 0.6) is 5.75 Å². The van der Waals surface area contributed by atoms with E-state index in [0.29, 0.717) is 12.5 Å². The van der Waals surface area contributed by atoms with E-state index in [1.165, 1.54) is 5.56 Å². The van der Waals surface area contributed by atoms with Crippen LogP contribution in [0.2, 0.25) is 0 Å². The van der Waals surface area contributed by atoms with Crippen LogP contribution in [0.1, 0.15) is 32.3 Å². The van der Waals surface area contributed by atoms with Gasteiger partial charge in [0.2, 0.25) is 0 Å². The Kier molecular flexibility index (Phi) is 5.51. The molecule has 0 aliphatic heterocycles. The lowest BCUT2D eigenvalue weighted by Crippen LogP contribution is -2.32. The first-order chi connectivity index (χ1) is 8.17. The maximum Gasteiger partial charge on any atom is 0.130 e. The minimum Gasteiger partial charge on any atom is -0.491 e. The molecular formula is C14H20N2O. The Labute approximate surface area is 103 Å². The van der Waals surface area contributed by atoms with Crippen LogP contribution >= 0.6 is 0 Å². The van der Waals surface area contributed by atoms with Crippen molar-refractivity contribution >= 4 is 0 Å². The summed E-state index contributed by atoms with van der Waals surface area (Å²) in [5.74, 6) is 1.31. The summed E-state index contributed by atoms with van der Waals surface area (Å²) < 4.78 is 5.62. The van der Waals surface area contributed by atoms with Crippen molar-refractivity contribution in [3.8, 4) is 11.8 Å². The first-order valence-electron chi connectivity index (χ1n) is 6.03. The lowest BCUT2D eigenvalue weighted by atomic mass is 10.0. The zero-order valence-corrected chi connectivity index (χ0v) is 10.7. The third-order valence-corrected chi connectivity index (χ3v) is 2.55. The highest BCUT2D eigenvalue weighted by molar-refractivity contribution is 5.30. The fraction of sp³-hybridized carbons (Fsp3) is 0.500. The monoisotopic (exact) mass is 232 g/mol. The van der Waals surface area contributed by atoms with Gasteiger partial charge in [0.15, 0.2) is 0 Å². The molecule has 0 aromatic heterocycles. The number of nitriles is 1. The van der Waals surface area contributed by atoms with Crippen molar-refractivity contribution < 1.29 is 4.74 Å². The largest absolute Gasteiger partial charge is 0.491 e. The number of benzene rings is 1. The Bertz CT molecular complexity index is 382. The molecule has 92 valence electrons. The van der Waals surface area contributed by atoms with E-state index in [1.807, 2.05) is 25.1 Å². The summed E-state index contributed by atoms with van der Waals surface area (Å²) in [6.07, 6.45) is 0. The second-order valence-corrected chi connectivity index (χ2v) is 4.28. The van der Waals surface area contributed by atoms with Crippen molar-refractivity contribution in [2.24, 2.45) is 0 Å². The van der Waals surface area contributed by atoms with Gasteiger partial charge in [0.1, 0.15) is 18.4 Å². The van der Waals surface area contributed by atoms with E-state index in [4.69, 9.17) is 10.00 Å². The molecule has 0 amide bonds. The van der Waals surface area contributed by atoms with Gasteiger partial charge in [0.25, 0.3) is 0 Å². The third kappa shape index (κ3) is 4.46. The Balaban J connectivity index is 2.57. The minimum atomic E-state index is -0.247. The van der Waals surface area contributed by atoms with Gasteiger partial charge in [-0.25, -0.2) is 0 Å². The zero-order chi connectivity index (χ0) is 12.7. The van der Waals surface area contributed by atoms with E-state index in [9.17, 15) is 0 Å². The summed E-state index contributed by atoms with van der Waals surface area (Å²) in [6, 6.07) is 9.95. The van der Waals surface area contributed by atoms with Crippen LogP contribution in [-0.2, 0) is 0 Å². The summed E-state index contributed by atoms with van der Waals surface area (Å²) in [6.45, 7) is 7.43. The summed E-state index contributed by atoms with van der Waals surface area (Å²) in [5, 5.41) is 11.9. The van der Waals surface area contributed by atoms with E-state index in [0.717, 1.165) is 12.3 Å². The van der Waals surface area contributed by atoms with Gasteiger partial charge in [-0.2, -0.15) is 5.26 Å². The molecule has 0 bridgehead atoms. The molecule has 3 heteroatoms. The number of likely N-dealkylation sites (N-methyl/N-ethyl adjacent to an activating group) is 1. The first-order valence-corrected chi connectivity index (χ1v) is 6.03. The van der Waals surface area contributed by atoms with Crippen LogP contribution in [0, 0.1) is 11.3 Å². The number of rotatable bonds is 6.